The van der Waals surface area contributed by atoms with E-state index < -0.39 is 61.9 Å². The van der Waals surface area contributed by atoms with Gasteiger partial charge in [-0.15, -0.1) is 0 Å². The largest absolute Gasteiger partial charge is 0.480 e. The van der Waals surface area contributed by atoms with Gasteiger partial charge in [0.15, 0.2) is 0 Å². The highest BCUT2D eigenvalue weighted by Gasteiger charge is 2.32. The normalized spacial score (nSPS) is 13.0. The van der Waals surface area contributed by atoms with Crippen LogP contribution in [0.15, 0.2) is 36.4 Å². The van der Waals surface area contributed by atoms with Crippen molar-refractivity contribution in [2.75, 3.05) is 65.4 Å². The molecule has 0 atom stereocenters. The van der Waals surface area contributed by atoms with E-state index in [1.807, 2.05) is 0 Å². The van der Waals surface area contributed by atoms with Crippen LogP contribution in [0.25, 0.3) is 10.8 Å². The number of rotatable bonds is 17. The molecule has 0 bridgehead atoms. The molecule has 0 fully saturated rings. The van der Waals surface area contributed by atoms with E-state index in [0.717, 1.165) is 10.3 Å². The summed E-state index contributed by atoms with van der Waals surface area (Å²) in [6.45, 7) is -1.88. The molecular formula is C26H30N4O10. The molecule has 2 amide bonds. The minimum Gasteiger partial charge on any atom is -0.480 e. The predicted octanol–water partition coefficient (Wildman–Crippen LogP) is -0.320. The number of hydrogen-bond acceptors (Lipinski definition) is 9. The second-order valence-electron chi connectivity index (χ2n) is 9.31. The van der Waals surface area contributed by atoms with Crippen LogP contribution in [0.5, 0.6) is 0 Å². The van der Waals surface area contributed by atoms with E-state index in [4.69, 9.17) is 20.4 Å². The Labute approximate surface area is 228 Å². The van der Waals surface area contributed by atoms with Gasteiger partial charge in [-0.1, -0.05) is 24.3 Å². The number of benzene rings is 2. The van der Waals surface area contributed by atoms with Gasteiger partial charge in [-0.3, -0.25) is 48.4 Å². The molecule has 3 rings (SSSR count). The summed E-state index contributed by atoms with van der Waals surface area (Å²) >= 11 is 0. The van der Waals surface area contributed by atoms with Crippen LogP contribution in [-0.2, 0) is 19.2 Å². The number of carbonyl (C=O) groups is 6. The van der Waals surface area contributed by atoms with Crippen LogP contribution in [0.3, 0.4) is 0 Å². The third-order valence-corrected chi connectivity index (χ3v) is 6.40. The molecule has 0 saturated carbocycles. The third-order valence-electron chi connectivity index (χ3n) is 6.40. The molecule has 0 unspecified atom stereocenters. The average Bonchev–Trinajstić information content (AvgIpc) is 2.86. The SMILES string of the molecule is O=C(O)CN(CCN(CCN(CC(=O)O)CC(=O)O)CCN1C(=O)c2cccc3cccc(c23)C1=O)CC(=O)O. The number of imide groups is 1. The maximum absolute atomic E-state index is 13.3. The topological polar surface area (TPSA) is 196 Å². The molecule has 0 radical (unpaired) electrons. The number of carbonyl (C=O) groups excluding carboxylic acids is 2. The molecule has 4 N–H and O–H groups in total. The maximum Gasteiger partial charge on any atom is 0.317 e. The van der Waals surface area contributed by atoms with Gasteiger partial charge in [0, 0.05) is 55.8 Å². The van der Waals surface area contributed by atoms with Crippen LogP contribution in [-0.4, -0.2) is 141 Å². The fourth-order valence-electron chi connectivity index (χ4n) is 4.62. The van der Waals surface area contributed by atoms with Crippen molar-refractivity contribution in [3.8, 4) is 0 Å². The standard InChI is InChI=1S/C26H30N4O10/c31-20(32)13-28(14-21(33)34)9-7-27(8-10-29(15-22(35)36)16-23(37)38)11-12-30-25(39)18-5-1-3-17-4-2-6-19(24(17)18)26(30)40/h1-6H,7-16H2,(H,31,32)(H,33,34)(H,35,36)(H,37,38). The lowest BCUT2D eigenvalue weighted by atomic mass is 9.94. The highest BCUT2D eigenvalue weighted by Crippen LogP contribution is 2.29. The Kier molecular flexibility index (Phi) is 10.2. The molecule has 14 nitrogen and oxygen atoms in total. The monoisotopic (exact) mass is 558 g/mol. The molecule has 2 aromatic carbocycles. The molecule has 0 aliphatic carbocycles. The lowest BCUT2D eigenvalue weighted by molar-refractivity contribution is -0.143. The fourth-order valence-corrected chi connectivity index (χ4v) is 4.62. The first-order valence-corrected chi connectivity index (χ1v) is 12.4. The molecular weight excluding hydrogens is 528 g/mol. The molecule has 2 aromatic rings. The van der Waals surface area contributed by atoms with Gasteiger partial charge < -0.3 is 20.4 Å². The molecule has 1 aliphatic rings. The van der Waals surface area contributed by atoms with E-state index in [2.05, 4.69) is 0 Å². The number of amides is 2. The summed E-state index contributed by atoms with van der Waals surface area (Å²) in [5.41, 5.74) is 0.755. The van der Waals surface area contributed by atoms with Crippen LogP contribution in [0, 0.1) is 0 Å². The van der Waals surface area contributed by atoms with E-state index in [1.165, 1.54) is 9.80 Å². The van der Waals surface area contributed by atoms with Crippen LogP contribution < -0.4 is 0 Å². The molecule has 0 saturated heterocycles. The smallest absolute Gasteiger partial charge is 0.317 e. The second kappa shape index (κ2) is 13.6. The lowest BCUT2D eigenvalue weighted by Gasteiger charge is -2.32. The summed E-state index contributed by atoms with van der Waals surface area (Å²) in [7, 11) is 0. The summed E-state index contributed by atoms with van der Waals surface area (Å²) in [6, 6.07) is 10.3. The van der Waals surface area contributed by atoms with Gasteiger partial charge in [0.1, 0.15) is 0 Å². The van der Waals surface area contributed by atoms with Gasteiger partial charge in [-0.2, -0.15) is 0 Å². The minimum atomic E-state index is -1.22. The lowest BCUT2D eigenvalue weighted by Crippen LogP contribution is -2.48. The van der Waals surface area contributed by atoms with Gasteiger partial charge >= 0.3 is 23.9 Å². The Morgan fingerprint density at radius 1 is 0.575 bits per heavy atom. The zero-order valence-corrected chi connectivity index (χ0v) is 21.6. The van der Waals surface area contributed by atoms with Crippen LogP contribution in [0.1, 0.15) is 20.7 Å². The number of aliphatic carboxylic acids is 4. The van der Waals surface area contributed by atoms with E-state index in [-0.39, 0.29) is 39.3 Å². The van der Waals surface area contributed by atoms with Gasteiger partial charge in [-0.05, 0) is 17.5 Å². The number of carboxylic acid groups (broad SMARTS) is 4. The highest BCUT2D eigenvalue weighted by molar-refractivity contribution is 6.25. The minimum absolute atomic E-state index is 0.000491. The Bertz CT molecular complexity index is 1190. The van der Waals surface area contributed by atoms with Gasteiger partial charge in [0.2, 0.25) is 0 Å². The van der Waals surface area contributed by atoms with Crippen LogP contribution in [0.2, 0.25) is 0 Å². The van der Waals surface area contributed by atoms with E-state index in [1.54, 1.807) is 41.3 Å². The Balaban J connectivity index is 1.77. The maximum atomic E-state index is 13.3. The molecule has 214 valence electrons. The average molecular weight is 559 g/mol. The molecule has 0 aromatic heterocycles. The van der Waals surface area contributed by atoms with Crippen molar-refractivity contribution in [1.29, 1.82) is 0 Å². The molecule has 0 spiro atoms. The van der Waals surface area contributed by atoms with Crippen molar-refractivity contribution < 1.29 is 49.2 Å². The molecule has 1 heterocycles. The molecule has 40 heavy (non-hydrogen) atoms. The summed E-state index contributed by atoms with van der Waals surface area (Å²) in [5.74, 6) is -5.85. The van der Waals surface area contributed by atoms with Gasteiger partial charge in [-0.25, -0.2) is 0 Å². The Morgan fingerprint density at radius 2 is 0.950 bits per heavy atom. The van der Waals surface area contributed by atoms with Gasteiger partial charge in [0.05, 0.1) is 26.2 Å². The summed E-state index contributed by atoms with van der Waals surface area (Å²) in [4.78, 5) is 76.5. The Hall–Kier alpha value is -4.40. The van der Waals surface area contributed by atoms with Crippen molar-refractivity contribution in [2.24, 2.45) is 0 Å². The number of hydrogen-bond donors (Lipinski definition) is 4. The van der Waals surface area contributed by atoms with Crippen molar-refractivity contribution in [3.05, 3.63) is 47.5 Å². The second-order valence-corrected chi connectivity index (χ2v) is 9.31. The number of carboxylic acids is 4. The van der Waals surface area contributed by atoms with Crippen molar-refractivity contribution in [3.63, 3.8) is 0 Å². The van der Waals surface area contributed by atoms with Gasteiger partial charge in [0.25, 0.3) is 11.8 Å². The summed E-state index contributed by atoms with van der Waals surface area (Å²) < 4.78 is 0. The number of nitrogens with zero attached hydrogens (tertiary/aromatic N) is 4. The third kappa shape index (κ3) is 8.05. The zero-order valence-electron chi connectivity index (χ0n) is 21.6. The van der Waals surface area contributed by atoms with Crippen molar-refractivity contribution in [2.45, 2.75) is 0 Å². The van der Waals surface area contributed by atoms with Crippen LogP contribution in [0.4, 0.5) is 0 Å². The molecule has 1 aliphatic heterocycles. The Morgan fingerprint density at radius 3 is 1.32 bits per heavy atom. The van der Waals surface area contributed by atoms with E-state index in [0.29, 0.717) is 16.5 Å². The molecule has 14 heteroatoms. The summed E-state index contributed by atoms with van der Waals surface area (Å²) in [6.07, 6.45) is 0. The zero-order chi connectivity index (χ0) is 29.4. The fraction of sp³-hybridized carbons (Fsp3) is 0.385. The first-order chi connectivity index (χ1) is 19.0. The quantitative estimate of drug-likeness (QED) is 0.185. The summed E-state index contributed by atoms with van der Waals surface area (Å²) in [5, 5.41) is 37.9. The van der Waals surface area contributed by atoms with E-state index in [9.17, 15) is 28.8 Å². The first kappa shape index (κ1) is 30.1. The highest BCUT2D eigenvalue weighted by atomic mass is 16.4. The van der Waals surface area contributed by atoms with Crippen molar-refractivity contribution in [1.82, 2.24) is 19.6 Å². The first-order valence-electron chi connectivity index (χ1n) is 12.4. The predicted molar refractivity (Wildman–Crippen MR) is 139 cm³/mol. The van der Waals surface area contributed by atoms with Crippen molar-refractivity contribution >= 4 is 46.5 Å². The van der Waals surface area contributed by atoms with Crippen LogP contribution >= 0.6 is 0 Å². The van der Waals surface area contributed by atoms with E-state index >= 15 is 0 Å².